The Morgan fingerprint density at radius 1 is 1.17 bits per heavy atom. The van der Waals surface area contributed by atoms with Gasteiger partial charge < -0.3 is 14.1 Å². The van der Waals surface area contributed by atoms with Gasteiger partial charge in [0, 0.05) is 17.3 Å². The monoisotopic (exact) mass is 428 g/mol. The van der Waals surface area contributed by atoms with Gasteiger partial charge in [-0.25, -0.2) is 0 Å². The van der Waals surface area contributed by atoms with E-state index >= 15 is 0 Å². The molecule has 29 heavy (non-hydrogen) atoms. The van der Waals surface area contributed by atoms with Crippen LogP contribution in [0, 0.1) is 11.3 Å². The molecule has 0 saturated heterocycles. The van der Waals surface area contributed by atoms with E-state index in [1.54, 1.807) is 29.2 Å². The third kappa shape index (κ3) is 6.24. The number of para-hydroxylation sites is 1. The maximum absolute atomic E-state index is 12.6. The smallest absolute Gasteiger partial charge is 0.277 e. The van der Waals surface area contributed by atoms with Crippen LogP contribution in [-0.2, 0) is 11.4 Å². The summed E-state index contributed by atoms with van der Waals surface area (Å²) in [5, 5.41) is 17.6. The van der Waals surface area contributed by atoms with Crippen molar-refractivity contribution < 1.29 is 13.9 Å². The van der Waals surface area contributed by atoms with Crippen LogP contribution in [0.5, 0.6) is 5.75 Å². The average molecular weight is 429 g/mol. The van der Waals surface area contributed by atoms with E-state index in [1.807, 2.05) is 30.3 Å². The number of hydrogen-bond acceptors (Lipinski definition) is 7. The van der Waals surface area contributed by atoms with Crippen LogP contribution in [0.4, 0.5) is 5.69 Å². The van der Waals surface area contributed by atoms with Crippen molar-refractivity contribution in [1.82, 2.24) is 10.2 Å². The van der Waals surface area contributed by atoms with E-state index in [4.69, 9.17) is 26.0 Å². The first-order valence-electron chi connectivity index (χ1n) is 8.71. The molecular weight excluding hydrogens is 412 g/mol. The third-order valence-corrected chi connectivity index (χ3v) is 4.81. The summed E-state index contributed by atoms with van der Waals surface area (Å²) in [7, 11) is 0. The van der Waals surface area contributed by atoms with Gasteiger partial charge in [0.1, 0.15) is 5.75 Å². The second-order valence-electron chi connectivity index (χ2n) is 5.78. The highest BCUT2D eigenvalue weighted by Crippen LogP contribution is 2.21. The van der Waals surface area contributed by atoms with E-state index in [2.05, 4.69) is 16.3 Å². The van der Waals surface area contributed by atoms with E-state index in [0.29, 0.717) is 23.2 Å². The van der Waals surface area contributed by atoms with Gasteiger partial charge in [-0.2, -0.15) is 5.26 Å². The van der Waals surface area contributed by atoms with Crippen LogP contribution in [0.1, 0.15) is 12.3 Å². The van der Waals surface area contributed by atoms with Crippen molar-refractivity contribution >= 4 is 35.0 Å². The summed E-state index contributed by atoms with van der Waals surface area (Å²) >= 11 is 6.98. The molecule has 0 aliphatic heterocycles. The molecule has 9 heteroatoms. The first-order chi connectivity index (χ1) is 14.2. The molecule has 7 nitrogen and oxygen atoms in total. The lowest BCUT2D eigenvalue weighted by Gasteiger charge is -2.21. The minimum absolute atomic E-state index is 0.111. The van der Waals surface area contributed by atoms with Gasteiger partial charge in [-0.05, 0) is 36.4 Å². The molecule has 0 atom stereocenters. The Bertz CT molecular complexity index is 973. The third-order valence-electron chi connectivity index (χ3n) is 3.76. The minimum Gasteiger partial charge on any atom is -0.484 e. The number of carbonyl (C=O) groups is 1. The molecule has 0 radical (unpaired) electrons. The number of nitrogens with zero attached hydrogens (tertiary/aromatic N) is 4. The molecule has 0 spiro atoms. The lowest BCUT2D eigenvalue weighted by Crippen LogP contribution is -2.33. The van der Waals surface area contributed by atoms with E-state index in [1.165, 1.54) is 0 Å². The highest BCUT2D eigenvalue weighted by Gasteiger charge is 2.17. The summed E-state index contributed by atoms with van der Waals surface area (Å²) < 4.78 is 11.1. The van der Waals surface area contributed by atoms with Gasteiger partial charge in [-0.1, -0.05) is 41.6 Å². The molecule has 0 aliphatic rings. The van der Waals surface area contributed by atoms with Gasteiger partial charge in [0.05, 0.1) is 18.2 Å². The largest absolute Gasteiger partial charge is 0.484 e. The van der Waals surface area contributed by atoms with Crippen molar-refractivity contribution in [2.75, 3.05) is 17.2 Å². The van der Waals surface area contributed by atoms with Gasteiger partial charge >= 0.3 is 0 Å². The SMILES string of the molecule is N#CCCN(C(=O)CSc1nnc(COc2ccc(Cl)cc2)o1)c1ccccc1. The average Bonchev–Trinajstić information content (AvgIpc) is 3.21. The highest BCUT2D eigenvalue weighted by atomic mass is 35.5. The van der Waals surface area contributed by atoms with Crippen molar-refractivity contribution in [3.63, 3.8) is 0 Å². The van der Waals surface area contributed by atoms with Crippen LogP contribution in [-0.4, -0.2) is 28.4 Å². The Labute approximate surface area is 177 Å². The van der Waals surface area contributed by atoms with Crippen molar-refractivity contribution in [1.29, 1.82) is 5.26 Å². The molecule has 3 rings (SSSR count). The number of ether oxygens (including phenoxy) is 1. The summed E-state index contributed by atoms with van der Waals surface area (Å²) in [5.74, 6) is 0.904. The summed E-state index contributed by atoms with van der Waals surface area (Å²) in [4.78, 5) is 14.2. The van der Waals surface area contributed by atoms with Gasteiger partial charge in [0.25, 0.3) is 11.1 Å². The fourth-order valence-corrected chi connectivity index (χ4v) is 3.18. The van der Waals surface area contributed by atoms with Gasteiger partial charge in [0.2, 0.25) is 5.91 Å². The topological polar surface area (TPSA) is 92.2 Å². The molecule has 148 valence electrons. The normalized spacial score (nSPS) is 10.3. The van der Waals surface area contributed by atoms with Crippen LogP contribution in [0.15, 0.2) is 64.2 Å². The molecule has 1 amide bonds. The van der Waals surface area contributed by atoms with E-state index in [-0.39, 0.29) is 29.9 Å². The summed E-state index contributed by atoms with van der Waals surface area (Å²) in [5.41, 5.74) is 0.746. The van der Waals surface area contributed by atoms with Crippen molar-refractivity contribution in [2.45, 2.75) is 18.3 Å². The van der Waals surface area contributed by atoms with E-state index in [9.17, 15) is 4.79 Å². The molecule has 0 saturated carbocycles. The van der Waals surface area contributed by atoms with Crippen molar-refractivity contribution in [3.05, 3.63) is 65.5 Å². The Morgan fingerprint density at radius 3 is 2.66 bits per heavy atom. The number of rotatable bonds is 9. The molecule has 0 bridgehead atoms. The first kappa shape index (κ1) is 20.7. The molecule has 1 aromatic heterocycles. The maximum Gasteiger partial charge on any atom is 0.277 e. The number of aromatic nitrogens is 2. The summed E-state index contributed by atoms with van der Waals surface area (Å²) in [6.07, 6.45) is 0.248. The molecule has 1 heterocycles. The van der Waals surface area contributed by atoms with Crippen LogP contribution < -0.4 is 9.64 Å². The number of carbonyl (C=O) groups excluding carboxylic acids is 1. The number of halogens is 1. The standard InChI is InChI=1S/C20H17ClN4O3S/c21-15-7-9-17(10-8-15)27-13-18-23-24-20(28-18)29-14-19(26)25(12-4-11-22)16-5-2-1-3-6-16/h1-3,5-10H,4,12-14H2. The Morgan fingerprint density at radius 2 is 1.93 bits per heavy atom. The predicted molar refractivity (Wildman–Crippen MR) is 110 cm³/mol. The highest BCUT2D eigenvalue weighted by molar-refractivity contribution is 7.99. The number of amides is 1. The van der Waals surface area contributed by atoms with E-state index in [0.717, 1.165) is 17.4 Å². The Kier molecular flexibility index (Phi) is 7.50. The number of nitriles is 1. The minimum atomic E-state index is -0.145. The number of thioether (sulfide) groups is 1. The summed E-state index contributed by atoms with van der Waals surface area (Å²) in [6, 6.07) is 18.2. The van der Waals surface area contributed by atoms with Crippen LogP contribution >= 0.6 is 23.4 Å². The zero-order chi connectivity index (χ0) is 20.5. The van der Waals surface area contributed by atoms with Gasteiger partial charge in [-0.15, -0.1) is 10.2 Å². The van der Waals surface area contributed by atoms with Gasteiger partial charge in [0.15, 0.2) is 6.61 Å². The molecular formula is C20H17ClN4O3S. The molecule has 3 aromatic rings. The second kappa shape index (κ2) is 10.5. The fraction of sp³-hybridized carbons (Fsp3) is 0.200. The molecule has 0 fully saturated rings. The first-order valence-corrected chi connectivity index (χ1v) is 10.1. The van der Waals surface area contributed by atoms with Crippen LogP contribution in [0.3, 0.4) is 0 Å². The molecule has 0 unspecified atom stereocenters. The number of anilines is 1. The molecule has 0 aliphatic carbocycles. The van der Waals surface area contributed by atoms with Crippen molar-refractivity contribution in [3.8, 4) is 11.8 Å². The lowest BCUT2D eigenvalue weighted by molar-refractivity contribution is -0.116. The van der Waals surface area contributed by atoms with Gasteiger partial charge in [-0.3, -0.25) is 4.79 Å². The quantitative estimate of drug-likeness (QED) is 0.468. The summed E-state index contributed by atoms with van der Waals surface area (Å²) in [6.45, 7) is 0.436. The zero-order valence-corrected chi connectivity index (χ0v) is 16.9. The van der Waals surface area contributed by atoms with Crippen molar-refractivity contribution in [2.24, 2.45) is 0 Å². The zero-order valence-electron chi connectivity index (χ0n) is 15.3. The van der Waals surface area contributed by atoms with E-state index < -0.39 is 0 Å². The lowest BCUT2D eigenvalue weighted by atomic mass is 10.2. The Hall–Kier alpha value is -3.02. The maximum atomic E-state index is 12.6. The molecule has 0 N–H and O–H groups in total. The van der Waals surface area contributed by atoms with Crippen LogP contribution in [0.25, 0.3) is 0 Å². The Balaban J connectivity index is 1.54. The molecule has 2 aromatic carbocycles. The second-order valence-corrected chi connectivity index (χ2v) is 7.15. The predicted octanol–water partition coefficient (Wildman–Crippen LogP) is 4.34. The fourth-order valence-electron chi connectivity index (χ4n) is 2.40. The number of hydrogen-bond donors (Lipinski definition) is 0. The number of benzene rings is 2. The van der Waals surface area contributed by atoms with Crippen LogP contribution in [0.2, 0.25) is 5.02 Å².